The number of halogens is 2. The zero-order valence-corrected chi connectivity index (χ0v) is 5.37. The van der Waals surface area contributed by atoms with Gasteiger partial charge in [0.05, 0.1) is 0 Å². The molecule has 0 aliphatic heterocycles. The Morgan fingerprint density at radius 3 is 2.00 bits per heavy atom. The molecule has 0 heterocycles. The van der Waals surface area contributed by atoms with Crippen LogP contribution in [-0.4, -0.2) is 15.6 Å². The maximum absolute atomic E-state index is 11.6. The van der Waals surface area contributed by atoms with Gasteiger partial charge in [-0.1, -0.05) is 0 Å². The molecule has 0 saturated heterocycles. The molecule has 0 saturated carbocycles. The molecule has 0 radical (unpaired) electrons. The van der Waals surface area contributed by atoms with E-state index in [9.17, 15) is 8.22 Å². The van der Waals surface area contributed by atoms with Crippen LogP contribution in [0, 0.1) is 0 Å². The van der Waals surface area contributed by atoms with Gasteiger partial charge in [-0.05, 0) is 6.92 Å². The van der Waals surface area contributed by atoms with Crippen molar-refractivity contribution in [2.75, 3.05) is 6.61 Å². The summed E-state index contributed by atoms with van der Waals surface area (Å²) in [7, 11) is -4.16. The molecule has 0 bridgehead atoms. The molecule has 0 fully saturated rings. The molecule has 1 nitrogen and oxygen atoms in total. The molecule has 0 aromatic rings. The van der Waals surface area contributed by atoms with Gasteiger partial charge in [0, 0.05) is 13.2 Å². The van der Waals surface area contributed by atoms with Gasteiger partial charge in [-0.15, -0.1) is 0 Å². The molecule has 0 aromatic carbocycles. The Labute approximate surface area is 42.8 Å². The lowest BCUT2D eigenvalue weighted by Gasteiger charge is -2.02. The Kier molecular flexibility index (Phi) is 2.38. The Morgan fingerprint density at radius 1 is 1.57 bits per heavy atom. The molecule has 0 aromatic heterocycles. The van der Waals surface area contributed by atoms with Gasteiger partial charge in [-0.3, -0.25) is 0 Å². The summed E-state index contributed by atoms with van der Waals surface area (Å²) < 4.78 is 27.3. The Hall–Kier alpha value is 0.0369. The number of hydrogen-bond acceptors (Lipinski definition) is 1. The first-order chi connectivity index (χ1) is 3.06. The van der Waals surface area contributed by atoms with Crippen molar-refractivity contribution in [3.05, 3.63) is 0 Å². The topological polar surface area (TPSA) is 9.23 Å². The average molecular weight is 126 g/mol. The molecule has 0 amide bonds. The zero-order valence-electron chi connectivity index (χ0n) is 4.37. The van der Waals surface area contributed by atoms with Crippen LogP contribution < -0.4 is 0 Å². The summed E-state index contributed by atoms with van der Waals surface area (Å²) in [5.41, 5.74) is 0. The van der Waals surface area contributed by atoms with E-state index in [4.69, 9.17) is 0 Å². The van der Waals surface area contributed by atoms with E-state index in [0.29, 0.717) is 0 Å². The van der Waals surface area contributed by atoms with E-state index in [-0.39, 0.29) is 6.61 Å². The van der Waals surface area contributed by atoms with Gasteiger partial charge in [0.15, 0.2) is 0 Å². The standard InChI is InChI=1S/C3H8F2OSi/c1-3-6-7(2,4)5/h3H2,1-2H3. The lowest BCUT2D eigenvalue weighted by molar-refractivity contribution is 0.244. The second kappa shape index (κ2) is 2.37. The van der Waals surface area contributed by atoms with Crippen LogP contribution in [0.15, 0.2) is 0 Å². The van der Waals surface area contributed by atoms with Crippen LogP contribution in [0.3, 0.4) is 0 Å². The third-order valence-corrected chi connectivity index (χ3v) is 1.19. The van der Waals surface area contributed by atoms with Crippen molar-refractivity contribution in [3.8, 4) is 0 Å². The van der Waals surface area contributed by atoms with E-state index in [1.54, 1.807) is 6.92 Å². The SMILES string of the molecule is CCO[Si](C)(F)F. The Balaban J connectivity index is 3.15. The van der Waals surface area contributed by atoms with E-state index in [1.165, 1.54) is 0 Å². The molecule has 0 N–H and O–H groups in total. The lowest BCUT2D eigenvalue weighted by Crippen LogP contribution is -2.21. The Morgan fingerprint density at radius 2 is 2.00 bits per heavy atom. The van der Waals surface area contributed by atoms with Gasteiger partial charge in [0.2, 0.25) is 0 Å². The summed E-state index contributed by atoms with van der Waals surface area (Å²) in [6.07, 6.45) is 0. The summed E-state index contributed by atoms with van der Waals surface area (Å²) in [5.74, 6) is 0. The molecule has 7 heavy (non-hydrogen) atoms. The van der Waals surface area contributed by atoms with Crippen LogP contribution in [0.2, 0.25) is 6.55 Å². The van der Waals surface area contributed by atoms with Crippen molar-refractivity contribution in [2.45, 2.75) is 13.5 Å². The third-order valence-electron chi connectivity index (χ3n) is 0.398. The number of rotatable bonds is 2. The largest absolute Gasteiger partial charge is 0.574 e. The maximum atomic E-state index is 11.6. The van der Waals surface area contributed by atoms with Gasteiger partial charge >= 0.3 is 8.99 Å². The van der Waals surface area contributed by atoms with Crippen LogP contribution in [0.25, 0.3) is 0 Å². The molecule has 0 unspecified atom stereocenters. The fourth-order valence-electron chi connectivity index (χ4n) is 0.253. The summed E-state index contributed by atoms with van der Waals surface area (Å²) in [6, 6.07) is 0. The quantitative estimate of drug-likeness (QED) is 0.402. The summed E-state index contributed by atoms with van der Waals surface area (Å²) >= 11 is 0. The first-order valence-electron chi connectivity index (χ1n) is 2.08. The first-order valence-corrected chi connectivity index (χ1v) is 4.24. The van der Waals surface area contributed by atoms with Crippen LogP contribution in [0.1, 0.15) is 6.92 Å². The smallest absolute Gasteiger partial charge is 0.368 e. The van der Waals surface area contributed by atoms with E-state index in [1.807, 2.05) is 0 Å². The molecule has 0 rings (SSSR count). The van der Waals surface area contributed by atoms with Gasteiger partial charge in [0.1, 0.15) is 0 Å². The van der Waals surface area contributed by atoms with E-state index >= 15 is 0 Å². The van der Waals surface area contributed by atoms with Gasteiger partial charge < -0.3 is 4.43 Å². The van der Waals surface area contributed by atoms with Gasteiger partial charge in [-0.25, -0.2) is 8.22 Å². The van der Waals surface area contributed by atoms with Crippen molar-refractivity contribution in [3.63, 3.8) is 0 Å². The van der Waals surface area contributed by atoms with Crippen LogP contribution in [-0.2, 0) is 4.43 Å². The highest BCUT2D eigenvalue weighted by atomic mass is 28.4. The second-order valence-electron chi connectivity index (χ2n) is 1.24. The van der Waals surface area contributed by atoms with Gasteiger partial charge in [0.25, 0.3) is 0 Å². The van der Waals surface area contributed by atoms with E-state index in [2.05, 4.69) is 4.43 Å². The minimum absolute atomic E-state index is 0.121. The highest BCUT2D eigenvalue weighted by molar-refractivity contribution is 6.57. The Bertz CT molecular complexity index is 51.4. The first kappa shape index (κ1) is 7.04. The molecule has 0 atom stereocenters. The van der Waals surface area contributed by atoms with Crippen molar-refractivity contribution >= 4 is 8.99 Å². The predicted molar refractivity (Wildman–Crippen MR) is 25.5 cm³/mol. The molecule has 4 heteroatoms. The van der Waals surface area contributed by atoms with Crippen LogP contribution in [0.5, 0.6) is 0 Å². The summed E-state index contributed by atoms with van der Waals surface area (Å²) in [5, 5.41) is 0. The van der Waals surface area contributed by atoms with Crippen LogP contribution in [0.4, 0.5) is 8.22 Å². The van der Waals surface area contributed by atoms with Crippen molar-refractivity contribution in [1.82, 2.24) is 0 Å². The minimum Gasteiger partial charge on any atom is -0.368 e. The highest BCUT2D eigenvalue weighted by Crippen LogP contribution is 2.05. The van der Waals surface area contributed by atoms with Crippen molar-refractivity contribution < 1.29 is 12.6 Å². The normalized spacial score (nSPS) is 12.0. The second-order valence-corrected chi connectivity index (χ2v) is 3.15. The highest BCUT2D eigenvalue weighted by Gasteiger charge is 2.29. The van der Waals surface area contributed by atoms with Crippen molar-refractivity contribution in [1.29, 1.82) is 0 Å². The maximum Gasteiger partial charge on any atom is 0.574 e. The van der Waals surface area contributed by atoms with E-state index < -0.39 is 8.99 Å². The zero-order chi connectivity index (χ0) is 5.91. The average Bonchev–Trinajstić information content (AvgIpc) is 1.30. The van der Waals surface area contributed by atoms with Crippen molar-refractivity contribution in [2.24, 2.45) is 0 Å². The molecule has 44 valence electrons. The molecular weight excluding hydrogens is 118 g/mol. The monoisotopic (exact) mass is 126 g/mol. The third kappa shape index (κ3) is 6.04. The van der Waals surface area contributed by atoms with E-state index in [0.717, 1.165) is 6.55 Å². The summed E-state index contributed by atoms with van der Waals surface area (Å²) in [4.78, 5) is 0. The molecule has 0 spiro atoms. The van der Waals surface area contributed by atoms with Gasteiger partial charge in [-0.2, -0.15) is 0 Å². The van der Waals surface area contributed by atoms with Crippen LogP contribution >= 0.6 is 0 Å². The predicted octanol–water partition coefficient (Wildman–Crippen LogP) is 1.53. The molecule has 0 aliphatic carbocycles. The molecular formula is C3H8F2OSi. The fourth-order valence-corrected chi connectivity index (χ4v) is 0.760. The lowest BCUT2D eigenvalue weighted by atomic mass is 10.9. The fraction of sp³-hybridized carbons (Fsp3) is 1.00. The number of hydrogen-bond donors (Lipinski definition) is 0. The minimum atomic E-state index is -4.16. The summed E-state index contributed by atoms with van der Waals surface area (Å²) in [6.45, 7) is 2.54. The molecule has 0 aliphatic rings.